The number of hydrogen-bond acceptors (Lipinski definition) is 10. The van der Waals surface area contributed by atoms with Gasteiger partial charge in [0.05, 0.1) is 12.5 Å². The van der Waals surface area contributed by atoms with Gasteiger partial charge in [0.1, 0.15) is 42.4 Å². The highest BCUT2D eigenvalue weighted by molar-refractivity contribution is 5.97. The van der Waals surface area contributed by atoms with Crippen LogP contribution < -0.4 is 37.6 Å². The Kier molecular flexibility index (Phi) is 24.7. The number of amides is 7. The number of ether oxygens (including phenoxy) is 1. The maximum absolute atomic E-state index is 14.3. The van der Waals surface area contributed by atoms with Gasteiger partial charge in [-0.1, -0.05) is 122 Å². The van der Waals surface area contributed by atoms with Crippen LogP contribution in [0.3, 0.4) is 0 Å². The van der Waals surface area contributed by atoms with Crippen LogP contribution in [0.25, 0.3) is 0 Å². The summed E-state index contributed by atoms with van der Waals surface area (Å²) in [5, 5.41) is 26.1. The molecule has 17 nitrogen and oxygen atoms in total. The van der Waals surface area contributed by atoms with E-state index in [-0.39, 0.29) is 31.6 Å². The largest absolute Gasteiger partial charge is 0.460 e. The predicted molar refractivity (Wildman–Crippen MR) is 243 cm³/mol. The number of hydrogen-bond donors (Lipinski definition) is 8. The minimum absolute atomic E-state index is 0.0182. The van der Waals surface area contributed by atoms with E-state index >= 15 is 0 Å². The van der Waals surface area contributed by atoms with Crippen molar-refractivity contribution in [2.24, 2.45) is 17.6 Å². The van der Waals surface area contributed by atoms with Crippen LogP contribution in [-0.4, -0.2) is 101 Å². The molecule has 1 aliphatic rings. The smallest absolute Gasteiger partial charge is 0.329 e. The van der Waals surface area contributed by atoms with Gasteiger partial charge in [-0.2, -0.15) is 0 Å². The minimum atomic E-state index is -1.51. The van der Waals surface area contributed by atoms with Crippen molar-refractivity contribution in [2.75, 3.05) is 0 Å². The van der Waals surface area contributed by atoms with Crippen LogP contribution in [0.1, 0.15) is 149 Å². The number of unbranched alkanes of at least 4 members (excludes halogenated alkanes) is 8. The summed E-state index contributed by atoms with van der Waals surface area (Å²) < 4.78 is 6.14. The number of nitrogens with one attached hydrogen (secondary N) is 6. The van der Waals surface area contributed by atoms with Gasteiger partial charge >= 0.3 is 5.97 Å². The molecular weight excluding hydrogens is 823 g/mol. The van der Waals surface area contributed by atoms with Gasteiger partial charge in [-0.25, -0.2) is 4.79 Å². The van der Waals surface area contributed by atoms with Crippen molar-refractivity contribution in [1.82, 2.24) is 31.9 Å². The van der Waals surface area contributed by atoms with Crippen molar-refractivity contribution in [3.8, 4) is 0 Å². The van der Waals surface area contributed by atoms with Gasteiger partial charge in [-0.15, -0.1) is 0 Å². The van der Waals surface area contributed by atoms with E-state index in [1.165, 1.54) is 52.9 Å². The number of cyclic esters (lactones) is 1. The van der Waals surface area contributed by atoms with Gasteiger partial charge in [0, 0.05) is 12.8 Å². The molecule has 0 bridgehead atoms. The van der Waals surface area contributed by atoms with Crippen LogP contribution in [0.5, 0.6) is 0 Å². The molecule has 1 saturated heterocycles. The average molecular weight is 900 g/mol. The summed E-state index contributed by atoms with van der Waals surface area (Å²) in [6.07, 6.45) is 7.66. The number of benzene rings is 1. The molecule has 17 heteroatoms. The zero-order valence-corrected chi connectivity index (χ0v) is 39.4. The fourth-order valence-electron chi connectivity index (χ4n) is 7.35. The Bertz CT molecular complexity index is 1690. The van der Waals surface area contributed by atoms with Crippen LogP contribution in [0.2, 0.25) is 0 Å². The first-order valence-electron chi connectivity index (χ1n) is 23.3. The topological polar surface area (TPSA) is 264 Å². The molecule has 1 aromatic rings. The highest BCUT2D eigenvalue weighted by atomic mass is 16.5. The van der Waals surface area contributed by atoms with Crippen LogP contribution in [0, 0.1) is 18.8 Å². The third kappa shape index (κ3) is 19.8. The van der Waals surface area contributed by atoms with Crippen molar-refractivity contribution in [3.05, 3.63) is 35.4 Å². The number of nitrogens with two attached hydrogens (primary N) is 1. The molecule has 360 valence electrons. The lowest BCUT2D eigenvalue weighted by atomic mass is 9.93. The van der Waals surface area contributed by atoms with Crippen molar-refractivity contribution in [2.45, 2.75) is 200 Å². The second-order valence-corrected chi connectivity index (χ2v) is 17.7. The number of carbonyl (C=O) groups is 8. The monoisotopic (exact) mass is 900 g/mol. The number of carbonyl (C=O) groups excluding carboxylic acids is 8. The number of aliphatic hydroxyl groups excluding tert-OH is 1. The Morgan fingerprint density at radius 3 is 1.78 bits per heavy atom. The number of aryl methyl sites for hydroxylation is 1. The second kappa shape index (κ2) is 28.7. The number of rotatable bonds is 19. The van der Waals surface area contributed by atoms with E-state index in [1.54, 1.807) is 19.1 Å². The van der Waals surface area contributed by atoms with Gasteiger partial charge in [0.2, 0.25) is 41.4 Å². The maximum Gasteiger partial charge on any atom is 0.329 e. The highest BCUT2D eigenvalue weighted by Gasteiger charge is 2.37. The van der Waals surface area contributed by atoms with E-state index in [0.717, 1.165) is 31.2 Å². The van der Waals surface area contributed by atoms with Crippen LogP contribution in [-0.2, 0) is 49.5 Å². The Labute approximate surface area is 379 Å². The summed E-state index contributed by atoms with van der Waals surface area (Å²) in [6, 6.07) is -0.629. The molecule has 2 rings (SSSR count). The van der Waals surface area contributed by atoms with Gasteiger partial charge < -0.3 is 47.5 Å². The van der Waals surface area contributed by atoms with E-state index in [2.05, 4.69) is 38.8 Å². The standard InChI is InChI=1S/C47H77N7O10/c1-9-11-12-13-14-15-16-17-18-19-30(5)37-27-39(57)53-41(33(8)55)46(62)50-31(6)42(58)49-32(7)43(59)51-35(24-25-38(48)56)44(60)52-36(26-34-22-20-28(3)21-23-34)45(61)54-40(29(4)10-2)47(63)64-37/h20-23,29-33,35-37,40-41,55H,9-19,24-27H2,1-8H3,(H2,48,56)(H,49,58)(H,50,62)(H,51,59)(H,52,60)(H,53,57)(H,54,61). The molecule has 1 aliphatic heterocycles. The first-order valence-corrected chi connectivity index (χ1v) is 23.3. The summed E-state index contributed by atoms with van der Waals surface area (Å²) >= 11 is 0. The fraction of sp³-hybridized carbons (Fsp3) is 0.702. The zero-order chi connectivity index (χ0) is 47.9. The molecule has 0 radical (unpaired) electrons. The molecule has 0 aliphatic carbocycles. The highest BCUT2D eigenvalue weighted by Crippen LogP contribution is 2.23. The van der Waals surface area contributed by atoms with Gasteiger partial charge in [0.15, 0.2) is 0 Å². The number of aliphatic hydroxyl groups is 1. The minimum Gasteiger partial charge on any atom is -0.460 e. The zero-order valence-electron chi connectivity index (χ0n) is 39.4. The summed E-state index contributed by atoms with van der Waals surface area (Å²) in [5.41, 5.74) is 7.05. The molecule has 1 fully saturated rings. The Morgan fingerprint density at radius 2 is 1.22 bits per heavy atom. The van der Waals surface area contributed by atoms with E-state index in [4.69, 9.17) is 10.5 Å². The van der Waals surface area contributed by atoms with E-state index in [1.807, 2.05) is 32.9 Å². The summed E-state index contributed by atoms with van der Waals surface area (Å²) in [6.45, 7) is 13.5. The number of esters is 1. The Morgan fingerprint density at radius 1 is 0.688 bits per heavy atom. The third-order valence-corrected chi connectivity index (χ3v) is 11.9. The fourth-order valence-corrected chi connectivity index (χ4v) is 7.35. The van der Waals surface area contributed by atoms with Crippen LogP contribution >= 0.6 is 0 Å². The molecular formula is C47H77N7O10. The summed E-state index contributed by atoms with van der Waals surface area (Å²) in [5.74, 6) is -7.10. The molecule has 7 amide bonds. The molecule has 64 heavy (non-hydrogen) atoms. The van der Waals surface area contributed by atoms with Crippen LogP contribution in [0.4, 0.5) is 0 Å². The first kappa shape index (κ1) is 55.1. The molecule has 1 aromatic carbocycles. The number of primary amides is 1. The average Bonchev–Trinajstić information content (AvgIpc) is 3.24. The first-order chi connectivity index (χ1) is 30.3. The third-order valence-electron chi connectivity index (χ3n) is 11.9. The molecule has 10 unspecified atom stereocenters. The van der Waals surface area contributed by atoms with Crippen molar-refractivity contribution < 1.29 is 48.2 Å². The lowest BCUT2D eigenvalue weighted by Crippen LogP contribution is -2.60. The SMILES string of the molecule is CCCCCCCCCCCC(C)C1CC(=O)NC(C(C)O)C(=O)NC(C)C(=O)NC(C)C(=O)NC(CCC(N)=O)C(=O)NC(Cc2ccc(C)cc2)C(=O)NC(C(C)CC)C(=O)O1. The van der Waals surface area contributed by atoms with Gasteiger partial charge in [0.25, 0.3) is 0 Å². The van der Waals surface area contributed by atoms with E-state index in [0.29, 0.717) is 18.4 Å². The molecule has 9 N–H and O–H groups in total. The normalized spacial score (nSPS) is 25.1. The Balaban J connectivity index is 2.59. The lowest BCUT2D eigenvalue weighted by molar-refractivity contribution is -0.159. The Hall–Kier alpha value is -5.06. The van der Waals surface area contributed by atoms with Crippen molar-refractivity contribution >= 4 is 47.3 Å². The van der Waals surface area contributed by atoms with E-state index in [9.17, 15) is 43.5 Å². The van der Waals surface area contributed by atoms with Crippen LogP contribution in [0.15, 0.2) is 24.3 Å². The molecule has 0 aromatic heterocycles. The summed E-state index contributed by atoms with van der Waals surface area (Å²) in [7, 11) is 0. The molecule has 1 heterocycles. The predicted octanol–water partition coefficient (Wildman–Crippen LogP) is 3.05. The molecule has 0 spiro atoms. The quantitative estimate of drug-likeness (QED) is 0.0743. The van der Waals surface area contributed by atoms with Crippen molar-refractivity contribution in [3.63, 3.8) is 0 Å². The molecule has 10 atom stereocenters. The van der Waals surface area contributed by atoms with Gasteiger partial charge in [-0.05, 0) is 57.9 Å². The lowest BCUT2D eigenvalue weighted by Gasteiger charge is -2.31. The summed E-state index contributed by atoms with van der Waals surface area (Å²) in [4.78, 5) is 108. The van der Waals surface area contributed by atoms with E-state index < -0.39 is 102 Å². The second-order valence-electron chi connectivity index (χ2n) is 17.7. The maximum atomic E-state index is 14.3. The van der Waals surface area contributed by atoms with Crippen molar-refractivity contribution in [1.29, 1.82) is 0 Å². The van der Waals surface area contributed by atoms with Gasteiger partial charge in [-0.3, -0.25) is 33.6 Å². The molecule has 0 saturated carbocycles.